The summed E-state index contributed by atoms with van der Waals surface area (Å²) in [5.74, 6) is 0.257. The number of fused-ring (bicyclic) bond motifs is 1. The summed E-state index contributed by atoms with van der Waals surface area (Å²) >= 11 is 0. The van der Waals surface area contributed by atoms with Crippen molar-refractivity contribution in [2.45, 2.75) is 76.9 Å². The lowest BCUT2D eigenvalue weighted by atomic mass is 9.95. The second kappa shape index (κ2) is 15.6. The van der Waals surface area contributed by atoms with Crippen LogP contribution in [0.4, 0.5) is 0 Å². The largest absolute Gasteiger partial charge is 0.350 e. The number of Topliss-reactive ketones (excluding diaryl/α,β-unsaturated/α-hetero) is 1. The molecule has 1 aliphatic rings. The molecule has 0 radical (unpaired) electrons. The average molecular weight is 571 g/mol. The number of amides is 2. The van der Waals surface area contributed by atoms with Gasteiger partial charge in [-0.15, -0.1) is 0 Å². The molecule has 0 aliphatic carbocycles. The lowest BCUT2D eigenvalue weighted by molar-refractivity contribution is -0.133. The first kappa shape index (κ1) is 31.4. The zero-order valence-corrected chi connectivity index (χ0v) is 25.3. The molecule has 4 rings (SSSR count). The molecular formula is C35H46N4O3. The van der Waals surface area contributed by atoms with Crippen LogP contribution in [-0.2, 0) is 9.59 Å². The Bertz CT molecular complexity index is 1330. The lowest BCUT2D eigenvalue weighted by Crippen LogP contribution is -2.49. The van der Waals surface area contributed by atoms with E-state index in [1.807, 2.05) is 72.5 Å². The van der Waals surface area contributed by atoms with Crippen LogP contribution < -0.4 is 16.0 Å². The summed E-state index contributed by atoms with van der Waals surface area (Å²) in [5, 5.41) is 12.0. The topological polar surface area (TPSA) is 90.5 Å². The van der Waals surface area contributed by atoms with Crippen LogP contribution in [0, 0.1) is 0 Å². The van der Waals surface area contributed by atoms with Crippen LogP contribution >= 0.6 is 0 Å². The van der Waals surface area contributed by atoms with Gasteiger partial charge >= 0.3 is 0 Å². The predicted molar refractivity (Wildman–Crippen MR) is 170 cm³/mol. The van der Waals surface area contributed by atoms with Gasteiger partial charge in [-0.3, -0.25) is 14.4 Å². The van der Waals surface area contributed by atoms with Gasteiger partial charge in [-0.25, -0.2) is 0 Å². The molecule has 42 heavy (non-hydrogen) atoms. The molecule has 1 saturated heterocycles. The highest BCUT2D eigenvalue weighted by molar-refractivity contribution is 5.98. The van der Waals surface area contributed by atoms with Crippen LogP contribution in [0.15, 0.2) is 72.8 Å². The highest BCUT2D eigenvalue weighted by atomic mass is 16.2. The molecule has 1 fully saturated rings. The molecule has 1 heterocycles. The maximum Gasteiger partial charge on any atom is 0.251 e. The van der Waals surface area contributed by atoms with E-state index in [9.17, 15) is 14.4 Å². The second-order valence-corrected chi connectivity index (χ2v) is 11.5. The Balaban J connectivity index is 1.44. The van der Waals surface area contributed by atoms with Gasteiger partial charge in [0.1, 0.15) is 5.78 Å². The van der Waals surface area contributed by atoms with Crippen LogP contribution in [0.25, 0.3) is 10.8 Å². The smallest absolute Gasteiger partial charge is 0.251 e. The normalized spacial score (nSPS) is 18.8. The monoisotopic (exact) mass is 570 g/mol. The van der Waals surface area contributed by atoms with Gasteiger partial charge < -0.3 is 20.9 Å². The van der Waals surface area contributed by atoms with Crippen molar-refractivity contribution in [3.63, 3.8) is 0 Å². The van der Waals surface area contributed by atoms with Gasteiger partial charge in [0, 0.05) is 43.6 Å². The van der Waals surface area contributed by atoms with Gasteiger partial charge in [0.25, 0.3) is 5.91 Å². The van der Waals surface area contributed by atoms with Crippen molar-refractivity contribution in [1.29, 1.82) is 0 Å². The van der Waals surface area contributed by atoms with Gasteiger partial charge in [-0.1, -0.05) is 74.5 Å². The summed E-state index contributed by atoms with van der Waals surface area (Å²) in [4.78, 5) is 41.8. The third-order valence-electron chi connectivity index (χ3n) is 8.38. The lowest BCUT2D eigenvalue weighted by Gasteiger charge is -2.28. The summed E-state index contributed by atoms with van der Waals surface area (Å²) in [6.45, 7) is 8.55. The molecule has 4 atom stereocenters. The van der Waals surface area contributed by atoms with E-state index in [0.717, 1.165) is 30.2 Å². The molecule has 3 aromatic carbocycles. The number of benzene rings is 3. The molecule has 7 heteroatoms. The summed E-state index contributed by atoms with van der Waals surface area (Å²) in [7, 11) is 0. The summed E-state index contributed by atoms with van der Waals surface area (Å²) < 4.78 is 0. The van der Waals surface area contributed by atoms with Crippen LogP contribution in [0.1, 0.15) is 74.7 Å². The number of ketones is 1. The van der Waals surface area contributed by atoms with Crippen LogP contribution in [0.2, 0.25) is 0 Å². The fourth-order valence-corrected chi connectivity index (χ4v) is 5.72. The molecule has 1 unspecified atom stereocenters. The SMILES string of the molecule is CCCNC(C)C(=O)CC[C@@H]1N[C@H](CNC(=O)c2ccc3ccccc3c2)CCN(C[C@@H](CC)c2ccccc2)C1=O. The van der Waals surface area contributed by atoms with Crippen molar-refractivity contribution in [1.82, 2.24) is 20.9 Å². The fourth-order valence-electron chi connectivity index (χ4n) is 5.72. The Labute approximate surface area is 250 Å². The maximum absolute atomic E-state index is 13.9. The Morgan fingerprint density at radius 2 is 1.74 bits per heavy atom. The standard InChI is InChI=1S/C35H46N4O3/c1-4-20-36-25(3)33(40)18-17-32-35(42)39(24-26(5-2)27-11-7-6-8-12-27)21-19-31(38-32)23-37-34(41)30-16-15-28-13-9-10-14-29(28)22-30/h6-16,22,25-26,31-32,36,38H,4-5,17-21,23-24H2,1-3H3,(H,37,41)/t25?,26-,31+,32+/m1/s1. The first-order chi connectivity index (χ1) is 20.4. The Morgan fingerprint density at radius 3 is 2.48 bits per heavy atom. The molecule has 224 valence electrons. The van der Waals surface area contributed by atoms with Gasteiger partial charge in [-0.2, -0.15) is 0 Å². The minimum absolute atomic E-state index is 0.0368. The van der Waals surface area contributed by atoms with Crippen molar-refractivity contribution >= 4 is 28.4 Å². The minimum atomic E-state index is -0.481. The molecule has 0 spiro atoms. The second-order valence-electron chi connectivity index (χ2n) is 11.5. The molecule has 0 saturated carbocycles. The Kier molecular flexibility index (Phi) is 11.7. The third-order valence-corrected chi connectivity index (χ3v) is 8.38. The first-order valence-electron chi connectivity index (χ1n) is 15.5. The van der Waals surface area contributed by atoms with E-state index < -0.39 is 6.04 Å². The highest BCUT2D eigenvalue weighted by Crippen LogP contribution is 2.23. The maximum atomic E-state index is 13.9. The molecule has 2 amide bonds. The fraction of sp³-hybridized carbons (Fsp3) is 0.457. The van der Waals surface area contributed by atoms with E-state index in [1.54, 1.807) is 0 Å². The van der Waals surface area contributed by atoms with E-state index >= 15 is 0 Å². The first-order valence-corrected chi connectivity index (χ1v) is 15.5. The average Bonchev–Trinajstić information content (AvgIpc) is 3.17. The highest BCUT2D eigenvalue weighted by Gasteiger charge is 2.32. The van der Waals surface area contributed by atoms with Gasteiger partial charge in [0.2, 0.25) is 5.91 Å². The van der Waals surface area contributed by atoms with Gasteiger partial charge in [-0.05, 0) is 67.6 Å². The number of hydrogen-bond acceptors (Lipinski definition) is 5. The molecule has 3 N–H and O–H groups in total. The van der Waals surface area contributed by atoms with Crippen LogP contribution in [0.5, 0.6) is 0 Å². The minimum Gasteiger partial charge on any atom is -0.350 e. The quantitative estimate of drug-likeness (QED) is 0.252. The van der Waals surface area contributed by atoms with Crippen molar-refractivity contribution in [3.8, 4) is 0 Å². The zero-order valence-electron chi connectivity index (χ0n) is 25.3. The number of carbonyl (C=O) groups excluding carboxylic acids is 3. The molecular weight excluding hydrogens is 524 g/mol. The summed E-state index contributed by atoms with van der Waals surface area (Å²) in [6, 6.07) is 23.2. The van der Waals surface area contributed by atoms with E-state index in [4.69, 9.17) is 0 Å². The van der Waals surface area contributed by atoms with E-state index in [-0.39, 0.29) is 35.6 Å². The third kappa shape index (κ3) is 8.49. The van der Waals surface area contributed by atoms with Gasteiger partial charge in [0.15, 0.2) is 0 Å². The van der Waals surface area contributed by atoms with Crippen molar-refractivity contribution < 1.29 is 14.4 Å². The number of carbonyl (C=O) groups is 3. The van der Waals surface area contributed by atoms with E-state index in [0.29, 0.717) is 44.5 Å². The summed E-state index contributed by atoms with van der Waals surface area (Å²) in [5.41, 5.74) is 1.84. The Morgan fingerprint density at radius 1 is 1.00 bits per heavy atom. The number of nitrogens with one attached hydrogen (secondary N) is 3. The number of nitrogens with zero attached hydrogens (tertiary/aromatic N) is 1. The zero-order chi connectivity index (χ0) is 29.9. The van der Waals surface area contributed by atoms with Crippen LogP contribution in [-0.4, -0.2) is 66.8 Å². The van der Waals surface area contributed by atoms with Crippen molar-refractivity contribution in [2.24, 2.45) is 0 Å². The molecule has 1 aliphatic heterocycles. The van der Waals surface area contributed by atoms with E-state index in [2.05, 4.69) is 41.9 Å². The van der Waals surface area contributed by atoms with Gasteiger partial charge in [0.05, 0.1) is 12.1 Å². The number of hydrogen-bond donors (Lipinski definition) is 3. The predicted octanol–water partition coefficient (Wildman–Crippen LogP) is 5.06. The molecule has 3 aromatic rings. The Hall–Kier alpha value is -3.55. The van der Waals surface area contributed by atoms with Crippen molar-refractivity contribution in [3.05, 3.63) is 83.9 Å². The molecule has 7 nitrogen and oxygen atoms in total. The molecule has 0 bridgehead atoms. The van der Waals surface area contributed by atoms with Crippen LogP contribution in [0.3, 0.4) is 0 Å². The molecule has 0 aromatic heterocycles. The van der Waals surface area contributed by atoms with Crippen molar-refractivity contribution in [2.75, 3.05) is 26.2 Å². The van der Waals surface area contributed by atoms with E-state index in [1.165, 1.54) is 5.56 Å². The summed E-state index contributed by atoms with van der Waals surface area (Å²) in [6.07, 6.45) is 3.36. The number of rotatable bonds is 14.